The lowest BCUT2D eigenvalue weighted by Gasteiger charge is -2.03. The molecule has 1 fully saturated rings. The summed E-state index contributed by atoms with van der Waals surface area (Å²) in [5.74, 6) is 0.300. The number of hydrogen-bond acceptors (Lipinski definition) is 5. The lowest BCUT2D eigenvalue weighted by Crippen LogP contribution is -2.19. The average Bonchev–Trinajstić information content (AvgIpc) is 3.31. The third kappa shape index (κ3) is 4.87. The third-order valence-corrected chi connectivity index (χ3v) is 5.70. The van der Waals surface area contributed by atoms with E-state index in [9.17, 15) is 4.79 Å². The number of amidine groups is 1. The van der Waals surface area contributed by atoms with Crippen LogP contribution >= 0.6 is 35.0 Å². The topological polar surface area (TPSA) is 71.6 Å². The number of halogens is 2. The van der Waals surface area contributed by atoms with Gasteiger partial charge in [0.1, 0.15) is 5.69 Å². The van der Waals surface area contributed by atoms with Gasteiger partial charge >= 0.3 is 0 Å². The smallest absolute Gasteiger partial charge is 0.236 e. The molecular weight excluding hydrogens is 429 g/mol. The number of nitrogens with one attached hydrogen (secondary N) is 1. The molecule has 0 spiro atoms. The predicted octanol–water partition coefficient (Wildman–Crippen LogP) is 4.46. The van der Waals surface area contributed by atoms with Gasteiger partial charge in [0, 0.05) is 17.3 Å². The van der Waals surface area contributed by atoms with E-state index in [0.29, 0.717) is 27.5 Å². The van der Waals surface area contributed by atoms with Crippen LogP contribution in [0.3, 0.4) is 0 Å². The predicted molar refractivity (Wildman–Crippen MR) is 119 cm³/mol. The number of carbonyl (C=O) groups is 1. The van der Waals surface area contributed by atoms with Crippen molar-refractivity contribution in [1.29, 1.82) is 0 Å². The molecule has 4 rings (SSSR count). The molecule has 1 amide bonds. The fraction of sp³-hybridized carbons (Fsp3) is 0.100. The van der Waals surface area contributed by atoms with Gasteiger partial charge in [-0.25, -0.2) is 0 Å². The maximum Gasteiger partial charge on any atom is 0.236 e. The Hall–Kier alpha value is -2.61. The van der Waals surface area contributed by atoms with E-state index in [1.807, 2.05) is 53.3 Å². The van der Waals surface area contributed by atoms with Crippen LogP contribution in [0, 0.1) is 0 Å². The second-order valence-corrected chi connectivity index (χ2v) is 8.01. The van der Waals surface area contributed by atoms with Crippen LogP contribution in [-0.4, -0.2) is 32.8 Å². The Morgan fingerprint density at radius 2 is 2.00 bits per heavy atom. The fourth-order valence-electron chi connectivity index (χ4n) is 2.78. The molecule has 3 aromatic rings. The standard InChI is InChI=1S/C20H15Cl2N5OS/c21-16-7-6-13(8-17(16)22)10-27-11-15(9-23-25-20-24-18(28)12-29-20)19(26-27)14-4-2-1-3-5-14/h1-9,11H,10,12H2,(H,24,25,28)/b23-9-. The third-order valence-electron chi connectivity index (χ3n) is 4.10. The lowest BCUT2D eigenvalue weighted by atomic mass is 10.1. The maximum atomic E-state index is 11.3. The van der Waals surface area contributed by atoms with Gasteiger partial charge < -0.3 is 5.32 Å². The minimum absolute atomic E-state index is 0.0663. The van der Waals surface area contributed by atoms with E-state index in [1.54, 1.807) is 12.3 Å². The quantitative estimate of drug-likeness (QED) is 0.467. The lowest BCUT2D eigenvalue weighted by molar-refractivity contribution is -0.116. The van der Waals surface area contributed by atoms with E-state index in [0.717, 1.165) is 22.4 Å². The first-order chi connectivity index (χ1) is 14.1. The number of amides is 1. The Morgan fingerprint density at radius 3 is 2.72 bits per heavy atom. The van der Waals surface area contributed by atoms with Crippen molar-refractivity contribution in [3.05, 3.63) is 75.9 Å². The number of benzene rings is 2. The second kappa shape index (κ2) is 8.82. The molecule has 1 N–H and O–H groups in total. The minimum atomic E-state index is -0.0663. The van der Waals surface area contributed by atoms with E-state index in [2.05, 4.69) is 15.5 Å². The normalized spacial score (nSPS) is 15.4. The summed E-state index contributed by atoms with van der Waals surface area (Å²) < 4.78 is 1.82. The van der Waals surface area contributed by atoms with E-state index in [4.69, 9.17) is 28.3 Å². The van der Waals surface area contributed by atoms with Crippen molar-refractivity contribution in [1.82, 2.24) is 15.1 Å². The highest BCUT2D eigenvalue weighted by Crippen LogP contribution is 2.24. The van der Waals surface area contributed by atoms with Crippen LogP contribution in [-0.2, 0) is 11.3 Å². The fourth-order valence-corrected chi connectivity index (χ4v) is 3.73. The van der Waals surface area contributed by atoms with Gasteiger partial charge in [-0.05, 0) is 17.7 Å². The maximum absolute atomic E-state index is 11.3. The first-order valence-corrected chi connectivity index (χ1v) is 10.4. The molecule has 29 heavy (non-hydrogen) atoms. The zero-order valence-electron chi connectivity index (χ0n) is 15.0. The summed E-state index contributed by atoms with van der Waals surface area (Å²) in [6.07, 6.45) is 3.54. The van der Waals surface area contributed by atoms with Crippen molar-refractivity contribution in [3.63, 3.8) is 0 Å². The van der Waals surface area contributed by atoms with Gasteiger partial charge in [0.05, 0.1) is 28.6 Å². The average molecular weight is 444 g/mol. The summed E-state index contributed by atoms with van der Waals surface area (Å²) in [7, 11) is 0. The Labute approximate surface area is 181 Å². The Bertz CT molecular complexity index is 1110. The molecule has 0 atom stereocenters. The summed E-state index contributed by atoms with van der Waals surface area (Å²) >= 11 is 13.5. The molecule has 2 heterocycles. The van der Waals surface area contributed by atoms with Crippen molar-refractivity contribution in [2.24, 2.45) is 10.2 Å². The molecule has 1 aliphatic heterocycles. The van der Waals surface area contributed by atoms with E-state index < -0.39 is 0 Å². The molecule has 0 bridgehead atoms. The van der Waals surface area contributed by atoms with Crippen LogP contribution in [0.2, 0.25) is 10.0 Å². The van der Waals surface area contributed by atoms with Crippen LogP contribution in [0.25, 0.3) is 11.3 Å². The number of hydrogen-bond donors (Lipinski definition) is 1. The molecule has 0 radical (unpaired) electrons. The van der Waals surface area contributed by atoms with Crippen molar-refractivity contribution in [3.8, 4) is 11.3 Å². The number of thioether (sulfide) groups is 1. The molecule has 2 aromatic carbocycles. The molecule has 9 heteroatoms. The highest BCUT2D eigenvalue weighted by Gasteiger charge is 2.16. The summed E-state index contributed by atoms with van der Waals surface area (Å²) in [5, 5.41) is 17.1. The number of aromatic nitrogens is 2. The monoisotopic (exact) mass is 443 g/mol. The highest BCUT2D eigenvalue weighted by molar-refractivity contribution is 8.15. The van der Waals surface area contributed by atoms with Crippen molar-refractivity contribution in [2.45, 2.75) is 6.54 Å². The van der Waals surface area contributed by atoms with Gasteiger partial charge in [-0.15, -0.1) is 5.10 Å². The van der Waals surface area contributed by atoms with Crippen LogP contribution in [0.1, 0.15) is 11.1 Å². The highest BCUT2D eigenvalue weighted by atomic mass is 35.5. The van der Waals surface area contributed by atoms with Gasteiger partial charge in [-0.1, -0.05) is 71.4 Å². The van der Waals surface area contributed by atoms with Gasteiger partial charge in [-0.3, -0.25) is 9.48 Å². The van der Waals surface area contributed by atoms with Crippen LogP contribution in [0.15, 0.2) is 64.9 Å². The van der Waals surface area contributed by atoms with Crippen LogP contribution in [0.4, 0.5) is 0 Å². The summed E-state index contributed by atoms with van der Waals surface area (Å²) in [6, 6.07) is 15.4. The largest absolute Gasteiger partial charge is 0.303 e. The van der Waals surface area contributed by atoms with Gasteiger partial charge in [0.25, 0.3) is 0 Å². The van der Waals surface area contributed by atoms with Gasteiger partial charge in [0.15, 0.2) is 5.17 Å². The Morgan fingerprint density at radius 1 is 1.17 bits per heavy atom. The SMILES string of the molecule is O=C1CS/C(=N\N=C/c2cn(Cc3ccc(Cl)c(Cl)c3)nc2-c2ccccc2)N1. The molecular formula is C20H15Cl2N5OS. The number of rotatable bonds is 5. The van der Waals surface area contributed by atoms with E-state index in [1.165, 1.54) is 11.8 Å². The molecule has 6 nitrogen and oxygen atoms in total. The zero-order chi connectivity index (χ0) is 20.2. The minimum Gasteiger partial charge on any atom is -0.303 e. The molecule has 0 saturated carbocycles. The van der Waals surface area contributed by atoms with Crippen molar-refractivity contribution < 1.29 is 4.79 Å². The number of nitrogens with zero attached hydrogens (tertiary/aromatic N) is 4. The first-order valence-electron chi connectivity index (χ1n) is 8.69. The molecule has 1 aromatic heterocycles. The van der Waals surface area contributed by atoms with Crippen LogP contribution in [0.5, 0.6) is 0 Å². The van der Waals surface area contributed by atoms with Gasteiger partial charge in [-0.2, -0.15) is 10.2 Å². The first kappa shape index (κ1) is 19.7. The molecule has 0 aliphatic carbocycles. The second-order valence-electron chi connectivity index (χ2n) is 6.23. The molecule has 0 unspecified atom stereocenters. The Balaban J connectivity index is 1.63. The van der Waals surface area contributed by atoms with Crippen molar-refractivity contribution in [2.75, 3.05) is 5.75 Å². The molecule has 1 aliphatic rings. The number of carbonyl (C=O) groups excluding carboxylic acids is 1. The summed E-state index contributed by atoms with van der Waals surface area (Å²) in [6.45, 7) is 0.533. The molecule has 146 valence electrons. The Kier molecular flexibility index (Phi) is 5.99. The summed E-state index contributed by atoms with van der Waals surface area (Å²) in [4.78, 5) is 11.3. The molecule has 1 saturated heterocycles. The van der Waals surface area contributed by atoms with Crippen LogP contribution < -0.4 is 5.32 Å². The van der Waals surface area contributed by atoms with E-state index >= 15 is 0 Å². The summed E-state index contributed by atoms with van der Waals surface area (Å²) in [5.41, 5.74) is 3.56. The zero-order valence-corrected chi connectivity index (χ0v) is 17.4. The van der Waals surface area contributed by atoms with Gasteiger partial charge in [0.2, 0.25) is 5.91 Å². The van der Waals surface area contributed by atoms with E-state index in [-0.39, 0.29) is 5.91 Å². The van der Waals surface area contributed by atoms with Crippen molar-refractivity contribution >= 4 is 52.3 Å².